The minimum atomic E-state index is -3.60. The molecule has 0 aliphatic carbocycles. The molecule has 118 valence electrons. The number of nitrogens with zero attached hydrogens (tertiary/aromatic N) is 2. The molecule has 1 aromatic heterocycles. The summed E-state index contributed by atoms with van der Waals surface area (Å²) < 4.78 is 29.1. The molecule has 0 aromatic carbocycles. The summed E-state index contributed by atoms with van der Waals surface area (Å²) in [4.78, 5) is 0.207. The van der Waals surface area contributed by atoms with Crippen molar-refractivity contribution in [3.8, 4) is 0 Å². The Kier molecular flexibility index (Phi) is 6.67. The fourth-order valence-corrected chi connectivity index (χ4v) is 3.82. The minimum Gasteiger partial charge on any atom is -0.329 e. The van der Waals surface area contributed by atoms with Crippen molar-refractivity contribution in [2.75, 3.05) is 6.54 Å². The number of nitrogens with one attached hydrogen (secondary N) is 1. The summed E-state index contributed by atoms with van der Waals surface area (Å²) in [6.07, 6.45) is 2.05. The zero-order valence-corrected chi connectivity index (χ0v) is 14.3. The molecule has 0 radical (unpaired) electrons. The van der Waals surface area contributed by atoms with E-state index in [1.165, 1.54) is 10.9 Å². The highest BCUT2D eigenvalue weighted by Gasteiger charge is 2.31. The number of hydrogen-bond acceptors (Lipinski definition) is 4. The maximum absolute atomic E-state index is 12.4. The maximum Gasteiger partial charge on any atom is 0.244 e. The fourth-order valence-electron chi connectivity index (χ4n) is 2.19. The van der Waals surface area contributed by atoms with Gasteiger partial charge in [-0.25, -0.2) is 13.1 Å². The molecule has 1 rings (SSSR count). The standard InChI is InChI=1S/C12H24N4O2S.ClH/c1-9(2)6-12(4,8-13)15-19(17,18)11-7-14-16(5)10(11)3;/h7,9,15H,6,8,13H2,1-5H3;1H. The van der Waals surface area contributed by atoms with Gasteiger partial charge in [-0.3, -0.25) is 4.68 Å². The lowest BCUT2D eigenvalue weighted by Crippen LogP contribution is -2.52. The molecular formula is C12H25ClN4O2S. The van der Waals surface area contributed by atoms with Crippen LogP contribution in [-0.4, -0.2) is 30.3 Å². The van der Waals surface area contributed by atoms with Crippen molar-refractivity contribution in [3.63, 3.8) is 0 Å². The van der Waals surface area contributed by atoms with Crippen molar-refractivity contribution in [1.29, 1.82) is 0 Å². The van der Waals surface area contributed by atoms with E-state index in [4.69, 9.17) is 5.73 Å². The lowest BCUT2D eigenvalue weighted by molar-refractivity contribution is 0.344. The molecule has 1 heterocycles. The Balaban J connectivity index is 0.00000361. The van der Waals surface area contributed by atoms with Crippen molar-refractivity contribution in [1.82, 2.24) is 14.5 Å². The molecule has 0 spiro atoms. The highest BCUT2D eigenvalue weighted by Crippen LogP contribution is 2.20. The van der Waals surface area contributed by atoms with Gasteiger partial charge in [0.25, 0.3) is 0 Å². The number of aromatic nitrogens is 2. The second-order valence-electron chi connectivity index (χ2n) is 5.69. The van der Waals surface area contributed by atoms with E-state index in [0.29, 0.717) is 18.0 Å². The number of rotatable bonds is 6. The van der Waals surface area contributed by atoms with E-state index in [1.54, 1.807) is 14.0 Å². The minimum absolute atomic E-state index is 0. The van der Waals surface area contributed by atoms with Crippen LogP contribution in [0.4, 0.5) is 0 Å². The van der Waals surface area contributed by atoms with E-state index in [2.05, 4.69) is 9.82 Å². The van der Waals surface area contributed by atoms with Gasteiger partial charge in [0.15, 0.2) is 0 Å². The molecule has 6 nitrogen and oxygen atoms in total. The van der Waals surface area contributed by atoms with Gasteiger partial charge < -0.3 is 5.73 Å². The number of halogens is 1. The third-order valence-electron chi connectivity index (χ3n) is 3.17. The monoisotopic (exact) mass is 324 g/mol. The third-order valence-corrected chi connectivity index (χ3v) is 4.91. The molecule has 0 saturated heterocycles. The van der Waals surface area contributed by atoms with E-state index in [9.17, 15) is 8.42 Å². The number of sulfonamides is 1. The van der Waals surface area contributed by atoms with Crippen LogP contribution < -0.4 is 10.5 Å². The zero-order chi connectivity index (χ0) is 14.8. The molecular weight excluding hydrogens is 300 g/mol. The molecule has 3 N–H and O–H groups in total. The van der Waals surface area contributed by atoms with E-state index >= 15 is 0 Å². The molecule has 0 aliphatic rings. The van der Waals surface area contributed by atoms with Crippen LogP contribution in [0.1, 0.15) is 32.9 Å². The Hall–Kier alpha value is -0.630. The Morgan fingerprint density at radius 1 is 1.50 bits per heavy atom. The van der Waals surface area contributed by atoms with Crippen LogP contribution >= 0.6 is 12.4 Å². The number of nitrogens with two attached hydrogens (primary N) is 1. The first-order valence-electron chi connectivity index (χ1n) is 6.34. The average Bonchev–Trinajstić information content (AvgIpc) is 2.58. The molecule has 0 amide bonds. The van der Waals surface area contributed by atoms with Crippen molar-refractivity contribution in [2.24, 2.45) is 18.7 Å². The number of hydrogen-bond donors (Lipinski definition) is 2. The van der Waals surface area contributed by atoms with Crippen molar-refractivity contribution < 1.29 is 8.42 Å². The smallest absolute Gasteiger partial charge is 0.244 e. The first-order valence-corrected chi connectivity index (χ1v) is 7.82. The van der Waals surface area contributed by atoms with Crippen molar-refractivity contribution >= 4 is 22.4 Å². The predicted molar refractivity (Wildman–Crippen MR) is 82.4 cm³/mol. The normalized spacial score (nSPS) is 14.9. The summed E-state index contributed by atoms with van der Waals surface area (Å²) in [5, 5.41) is 3.97. The summed E-state index contributed by atoms with van der Waals surface area (Å²) in [5.74, 6) is 0.353. The van der Waals surface area contributed by atoms with E-state index in [1.807, 2.05) is 20.8 Å². The second kappa shape index (κ2) is 6.89. The Labute approximate surface area is 127 Å². The van der Waals surface area contributed by atoms with Crippen LogP contribution in [0.5, 0.6) is 0 Å². The predicted octanol–water partition coefficient (Wildman–Crippen LogP) is 1.19. The lowest BCUT2D eigenvalue weighted by atomic mass is 9.92. The largest absolute Gasteiger partial charge is 0.329 e. The summed E-state index contributed by atoms with van der Waals surface area (Å²) in [6.45, 7) is 7.89. The maximum atomic E-state index is 12.4. The van der Waals surface area contributed by atoms with Gasteiger partial charge in [0, 0.05) is 19.1 Å². The Morgan fingerprint density at radius 2 is 2.05 bits per heavy atom. The van der Waals surface area contributed by atoms with Crippen LogP contribution in [0.3, 0.4) is 0 Å². The first-order chi connectivity index (χ1) is 8.61. The van der Waals surface area contributed by atoms with Crippen molar-refractivity contribution in [2.45, 2.75) is 44.6 Å². The topological polar surface area (TPSA) is 90.0 Å². The highest BCUT2D eigenvalue weighted by atomic mass is 35.5. The molecule has 1 atom stereocenters. The van der Waals surface area contributed by atoms with Crippen LogP contribution in [-0.2, 0) is 17.1 Å². The fraction of sp³-hybridized carbons (Fsp3) is 0.750. The summed E-state index contributed by atoms with van der Waals surface area (Å²) in [6, 6.07) is 0. The number of aryl methyl sites for hydroxylation is 1. The van der Waals surface area contributed by atoms with Gasteiger partial charge in [-0.1, -0.05) is 13.8 Å². The quantitative estimate of drug-likeness (QED) is 0.822. The third kappa shape index (κ3) is 4.44. The second-order valence-corrected chi connectivity index (χ2v) is 7.34. The van der Waals surface area contributed by atoms with Crippen LogP contribution in [0, 0.1) is 12.8 Å². The van der Waals surface area contributed by atoms with Gasteiger partial charge in [-0.2, -0.15) is 5.10 Å². The molecule has 1 aromatic rings. The van der Waals surface area contributed by atoms with E-state index in [0.717, 1.165) is 0 Å². The van der Waals surface area contributed by atoms with Gasteiger partial charge in [-0.05, 0) is 26.2 Å². The molecule has 0 saturated carbocycles. The SMILES string of the molecule is Cc1c(S(=O)(=O)NC(C)(CN)CC(C)C)cnn1C.Cl. The summed E-state index contributed by atoms with van der Waals surface area (Å²) >= 11 is 0. The summed E-state index contributed by atoms with van der Waals surface area (Å²) in [7, 11) is -1.89. The molecule has 0 bridgehead atoms. The van der Waals surface area contributed by atoms with Gasteiger partial charge in [0.1, 0.15) is 4.90 Å². The molecule has 20 heavy (non-hydrogen) atoms. The Bertz CT molecular complexity index is 542. The van der Waals surface area contributed by atoms with Gasteiger partial charge in [0.05, 0.1) is 11.9 Å². The van der Waals surface area contributed by atoms with Crippen LogP contribution in [0.2, 0.25) is 0 Å². The van der Waals surface area contributed by atoms with Crippen LogP contribution in [0.15, 0.2) is 11.1 Å². The zero-order valence-electron chi connectivity index (χ0n) is 12.7. The lowest BCUT2D eigenvalue weighted by Gasteiger charge is -2.30. The Morgan fingerprint density at radius 3 is 2.40 bits per heavy atom. The summed E-state index contributed by atoms with van der Waals surface area (Å²) in [5.41, 5.74) is 5.70. The molecule has 0 aliphatic heterocycles. The van der Waals surface area contributed by atoms with Gasteiger partial charge in [-0.15, -0.1) is 12.4 Å². The van der Waals surface area contributed by atoms with E-state index in [-0.39, 0.29) is 23.8 Å². The van der Waals surface area contributed by atoms with Crippen molar-refractivity contribution in [3.05, 3.63) is 11.9 Å². The molecule has 0 fully saturated rings. The van der Waals surface area contributed by atoms with Gasteiger partial charge in [0.2, 0.25) is 10.0 Å². The molecule has 8 heteroatoms. The van der Waals surface area contributed by atoms with Crippen LogP contribution in [0.25, 0.3) is 0 Å². The van der Waals surface area contributed by atoms with E-state index < -0.39 is 15.6 Å². The highest BCUT2D eigenvalue weighted by molar-refractivity contribution is 7.89. The molecule has 1 unspecified atom stereocenters. The average molecular weight is 325 g/mol. The van der Waals surface area contributed by atoms with Gasteiger partial charge >= 0.3 is 0 Å². The first kappa shape index (κ1) is 19.4.